The van der Waals surface area contributed by atoms with Crippen molar-refractivity contribution in [2.24, 2.45) is 11.8 Å². The molecule has 0 fully saturated rings. The molecule has 3 nitrogen and oxygen atoms in total. The van der Waals surface area contributed by atoms with Gasteiger partial charge in [0, 0.05) is 0 Å². The van der Waals surface area contributed by atoms with Crippen molar-refractivity contribution in [3.63, 3.8) is 0 Å². The maximum Gasteiger partial charge on any atom is 0.316 e. The summed E-state index contributed by atoms with van der Waals surface area (Å²) in [6.45, 7) is 1.45. The third kappa shape index (κ3) is 2.44. The van der Waals surface area contributed by atoms with Crippen molar-refractivity contribution in [3.8, 4) is 0 Å². The number of ketones is 1. The minimum Gasteiger partial charge on any atom is -0.468 e. The summed E-state index contributed by atoms with van der Waals surface area (Å²) in [7, 11) is 1.32. The van der Waals surface area contributed by atoms with Crippen LogP contribution in [-0.2, 0) is 14.3 Å². The first-order chi connectivity index (χ1) is 6.66. The van der Waals surface area contributed by atoms with Crippen LogP contribution >= 0.6 is 0 Å². The van der Waals surface area contributed by atoms with Crippen LogP contribution in [0.3, 0.4) is 0 Å². The van der Waals surface area contributed by atoms with E-state index in [0.29, 0.717) is 0 Å². The van der Waals surface area contributed by atoms with Crippen molar-refractivity contribution in [1.29, 1.82) is 0 Å². The number of allylic oxidation sites excluding steroid dienone is 2. The molecular formula is C11H16O3. The fourth-order valence-electron chi connectivity index (χ4n) is 1.89. The lowest BCUT2D eigenvalue weighted by molar-refractivity contribution is -0.150. The van der Waals surface area contributed by atoms with Crippen molar-refractivity contribution < 1.29 is 14.3 Å². The Hall–Kier alpha value is -1.12. The molecule has 0 saturated carbocycles. The highest BCUT2D eigenvalue weighted by Crippen LogP contribution is 2.26. The van der Waals surface area contributed by atoms with E-state index in [1.165, 1.54) is 14.0 Å². The number of hydrogen-bond acceptors (Lipinski definition) is 3. The lowest BCUT2D eigenvalue weighted by Crippen LogP contribution is -2.30. The monoisotopic (exact) mass is 196 g/mol. The Balaban J connectivity index is 2.76. The van der Waals surface area contributed by atoms with Crippen LogP contribution in [0.4, 0.5) is 0 Å². The van der Waals surface area contributed by atoms with E-state index in [2.05, 4.69) is 4.74 Å². The Morgan fingerprint density at radius 1 is 1.50 bits per heavy atom. The number of Topliss-reactive ketones (excluding diaryl/α,β-unsaturated/α-hetero) is 1. The summed E-state index contributed by atoms with van der Waals surface area (Å²) in [6.07, 6.45) is 6.99. The van der Waals surface area contributed by atoms with Crippen LogP contribution in [0.5, 0.6) is 0 Å². The molecule has 0 saturated heterocycles. The lowest BCUT2D eigenvalue weighted by atomic mass is 9.82. The molecule has 1 rings (SSSR count). The molecule has 0 radical (unpaired) electrons. The van der Waals surface area contributed by atoms with Gasteiger partial charge in [0.1, 0.15) is 11.7 Å². The Morgan fingerprint density at radius 2 is 2.21 bits per heavy atom. The fourth-order valence-corrected chi connectivity index (χ4v) is 1.89. The van der Waals surface area contributed by atoms with Gasteiger partial charge in [0.25, 0.3) is 0 Å². The summed E-state index contributed by atoms with van der Waals surface area (Å²) in [6, 6.07) is 0. The molecule has 2 unspecified atom stereocenters. The summed E-state index contributed by atoms with van der Waals surface area (Å²) < 4.78 is 4.63. The van der Waals surface area contributed by atoms with Gasteiger partial charge in [0.05, 0.1) is 7.11 Å². The molecule has 78 valence electrons. The van der Waals surface area contributed by atoms with E-state index in [9.17, 15) is 9.59 Å². The maximum absolute atomic E-state index is 11.4. The summed E-state index contributed by atoms with van der Waals surface area (Å²) in [4.78, 5) is 22.7. The smallest absolute Gasteiger partial charge is 0.316 e. The number of carbonyl (C=O) groups excluding carboxylic acids is 2. The first-order valence-corrected chi connectivity index (χ1v) is 4.91. The van der Waals surface area contributed by atoms with Gasteiger partial charge in [-0.25, -0.2) is 0 Å². The third-order valence-electron chi connectivity index (χ3n) is 2.61. The Morgan fingerprint density at radius 3 is 2.64 bits per heavy atom. The molecule has 0 amide bonds. The van der Waals surface area contributed by atoms with Crippen LogP contribution in [0.2, 0.25) is 0 Å². The molecule has 2 atom stereocenters. The molecule has 14 heavy (non-hydrogen) atoms. The quantitative estimate of drug-likeness (QED) is 0.392. The molecule has 3 heteroatoms. The Labute approximate surface area is 84.1 Å². The van der Waals surface area contributed by atoms with E-state index >= 15 is 0 Å². The van der Waals surface area contributed by atoms with E-state index in [-0.39, 0.29) is 11.7 Å². The summed E-state index contributed by atoms with van der Waals surface area (Å²) >= 11 is 0. The van der Waals surface area contributed by atoms with Crippen molar-refractivity contribution in [2.75, 3.05) is 7.11 Å². The predicted molar refractivity (Wildman–Crippen MR) is 52.7 cm³/mol. The average Bonchev–Trinajstić information content (AvgIpc) is 2.19. The largest absolute Gasteiger partial charge is 0.468 e. The van der Waals surface area contributed by atoms with Crippen LogP contribution in [0.1, 0.15) is 26.2 Å². The van der Waals surface area contributed by atoms with E-state index in [1.54, 1.807) is 0 Å². The number of methoxy groups -OCH3 is 1. The van der Waals surface area contributed by atoms with Gasteiger partial charge in [-0.1, -0.05) is 12.2 Å². The minimum atomic E-state index is -0.600. The number of rotatable bonds is 3. The van der Waals surface area contributed by atoms with Gasteiger partial charge in [0.2, 0.25) is 0 Å². The van der Waals surface area contributed by atoms with Gasteiger partial charge in [-0.2, -0.15) is 0 Å². The topological polar surface area (TPSA) is 43.4 Å². The van der Waals surface area contributed by atoms with Gasteiger partial charge in [-0.05, 0) is 32.1 Å². The highest BCUT2D eigenvalue weighted by molar-refractivity contribution is 5.98. The zero-order valence-electron chi connectivity index (χ0n) is 8.66. The molecule has 0 aliphatic heterocycles. The van der Waals surface area contributed by atoms with E-state index < -0.39 is 11.9 Å². The number of carbonyl (C=O) groups is 2. The van der Waals surface area contributed by atoms with E-state index in [4.69, 9.17) is 0 Å². The zero-order valence-corrected chi connectivity index (χ0v) is 8.66. The molecule has 0 spiro atoms. The highest BCUT2D eigenvalue weighted by Gasteiger charge is 2.31. The number of esters is 1. The van der Waals surface area contributed by atoms with Crippen LogP contribution < -0.4 is 0 Å². The number of ether oxygens (including phenoxy) is 1. The van der Waals surface area contributed by atoms with Crippen LogP contribution in [0.15, 0.2) is 12.2 Å². The first-order valence-electron chi connectivity index (χ1n) is 4.91. The van der Waals surface area contributed by atoms with Gasteiger partial charge < -0.3 is 4.74 Å². The van der Waals surface area contributed by atoms with Crippen molar-refractivity contribution in [1.82, 2.24) is 0 Å². The first kappa shape index (κ1) is 11.0. The Bertz CT molecular complexity index is 255. The molecular weight excluding hydrogens is 180 g/mol. The highest BCUT2D eigenvalue weighted by atomic mass is 16.5. The predicted octanol–water partition coefficient (Wildman–Crippen LogP) is 1.72. The maximum atomic E-state index is 11.4. The number of hydrogen-bond donors (Lipinski definition) is 0. The molecule has 0 heterocycles. The van der Waals surface area contributed by atoms with Crippen LogP contribution in [0.25, 0.3) is 0 Å². The second-order valence-electron chi connectivity index (χ2n) is 3.63. The van der Waals surface area contributed by atoms with Crippen molar-refractivity contribution in [2.45, 2.75) is 26.2 Å². The second kappa shape index (κ2) is 4.94. The molecule has 0 N–H and O–H groups in total. The van der Waals surface area contributed by atoms with Crippen LogP contribution in [0, 0.1) is 11.8 Å². The van der Waals surface area contributed by atoms with Gasteiger partial charge in [0.15, 0.2) is 0 Å². The molecule has 1 aliphatic carbocycles. The van der Waals surface area contributed by atoms with Gasteiger partial charge >= 0.3 is 5.97 Å². The molecule has 1 aliphatic rings. The fraction of sp³-hybridized carbons (Fsp3) is 0.636. The SMILES string of the molecule is COC(=O)C(C(C)=O)C1C=CCCC1. The third-order valence-corrected chi connectivity index (χ3v) is 2.61. The van der Waals surface area contributed by atoms with Gasteiger partial charge in [-0.15, -0.1) is 0 Å². The van der Waals surface area contributed by atoms with Crippen molar-refractivity contribution in [3.05, 3.63) is 12.2 Å². The van der Waals surface area contributed by atoms with Crippen molar-refractivity contribution >= 4 is 11.8 Å². The van der Waals surface area contributed by atoms with Gasteiger partial charge in [-0.3, -0.25) is 9.59 Å². The lowest BCUT2D eigenvalue weighted by Gasteiger charge is -2.22. The average molecular weight is 196 g/mol. The Kier molecular flexibility index (Phi) is 3.86. The molecule has 0 aromatic carbocycles. The molecule has 0 aromatic heterocycles. The summed E-state index contributed by atoms with van der Waals surface area (Å²) in [5.41, 5.74) is 0. The minimum absolute atomic E-state index is 0.0358. The normalized spacial score (nSPS) is 22.9. The summed E-state index contributed by atoms with van der Waals surface area (Å²) in [5.74, 6) is -1.08. The standard InChI is InChI=1S/C11H16O3/c1-8(12)10(11(13)14-2)9-6-4-3-5-7-9/h4,6,9-10H,3,5,7H2,1-2H3. The molecule has 0 aromatic rings. The van der Waals surface area contributed by atoms with E-state index in [1.807, 2.05) is 12.2 Å². The van der Waals surface area contributed by atoms with Crippen LogP contribution in [-0.4, -0.2) is 18.9 Å². The zero-order chi connectivity index (χ0) is 10.6. The molecule has 0 bridgehead atoms. The van der Waals surface area contributed by atoms with E-state index in [0.717, 1.165) is 19.3 Å². The summed E-state index contributed by atoms with van der Waals surface area (Å²) in [5, 5.41) is 0. The second-order valence-corrected chi connectivity index (χ2v) is 3.63.